The third kappa shape index (κ3) is 5.40. The van der Waals surface area contributed by atoms with Gasteiger partial charge >= 0.3 is 0 Å². The number of hydrogen-bond donors (Lipinski definition) is 0. The molecule has 6 heteroatoms. The van der Waals surface area contributed by atoms with Crippen LogP contribution in [0.1, 0.15) is 52.8 Å². The third-order valence-electron chi connectivity index (χ3n) is 6.14. The lowest BCUT2D eigenvalue weighted by Gasteiger charge is -2.33. The molecule has 0 spiro atoms. The maximum Gasteiger partial charge on any atom is 0.255 e. The van der Waals surface area contributed by atoms with Crippen LogP contribution in [0.25, 0.3) is 0 Å². The zero-order valence-corrected chi connectivity index (χ0v) is 18.5. The van der Waals surface area contributed by atoms with E-state index in [1.165, 1.54) is 6.42 Å². The van der Waals surface area contributed by atoms with Gasteiger partial charge in [0.2, 0.25) is 0 Å². The Labute approximate surface area is 188 Å². The number of nitrogens with zero attached hydrogens (tertiary/aromatic N) is 2. The summed E-state index contributed by atoms with van der Waals surface area (Å²) in [5.41, 5.74) is 1.27. The molecule has 0 aromatic heterocycles. The van der Waals surface area contributed by atoms with Crippen LogP contribution in [0.2, 0.25) is 5.02 Å². The van der Waals surface area contributed by atoms with Crippen LogP contribution in [-0.2, 0) is 0 Å². The van der Waals surface area contributed by atoms with E-state index in [0.717, 1.165) is 51.1 Å². The van der Waals surface area contributed by atoms with Gasteiger partial charge in [-0.1, -0.05) is 23.7 Å². The van der Waals surface area contributed by atoms with Gasteiger partial charge in [0, 0.05) is 37.7 Å². The highest BCUT2D eigenvalue weighted by atomic mass is 35.5. The standard InChI is InChI=1S/C25H29ClN2O3/c26-23-9-3-2-8-22(23)25(30)28-16-6-7-19(17-28)18-31-21-12-10-20(11-13-21)24(29)27-14-4-1-5-15-27/h2-3,8-13,19H,1,4-7,14-18H2. The Bertz CT molecular complexity index is 909. The van der Waals surface area contributed by atoms with Crippen LogP contribution in [0.3, 0.4) is 0 Å². The van der Waals surface area contributed by atoms with Crippen LogP contribution >= 0.6 is 11.6 Å². The molecule has 2 aliphatic rings. The Morgan fingerprint density at radius 3 is 2.32 bits per heavy atom. The summed E-state index contributed by atoms with van der Waals surface area (Å²) in [5, 5.41) is 0.491. The fraction of sp³-hybridized carbons (Fsp3) is 0.440. The number of ether oxygens (including phenoxy) is 1. The van der Waals surface area contributed by atoms with Gasteiger partial charge in [-0.25, -0.2) is 0 Å². The quantitative estimate of drug-likeness (QED) is 0.664. The molecule has 2 fully saturated rings. The number of halogens is 1. The minimum absolute atomic E-state index is 0.0177. The van der Waals surface area contributed by atoms with Crippen molar-refractivity contribution in [2.75, 3.05) is 32.8 Å². The van der Waals surface area contributed by atoms with Crippen molar-refractivity contribution in [1.82, 2.24) is 9.80 Å². The SMILES string of the molecule is O=C(c1ccc(OCC2CCCN(C(=O)c3ccccc3Cl)C2)cc1)N1CCCCC1. The predicted molar refractivity (Wildman–Crippen MR) is 122 cm³/mol. The van der Waals surface area contributed by atoms with Gasteiger partial charge in [-0.15, -0.1) is 0 Å². The van der Waals surface area contributed by atoms with Gasteiger partial charge in [-0.05, 0) is 68.5 Å². The Morgan fingerprint density at radius 1 is 0.871 bits per heavy atom. The molecule has 0 aliphatic carbocycles. The zero-order valence-electron chi connectivity index (χ0n) is 17.8. The summed E-state index contributed by atoms with van der Waals surface area (Å²) in [6.45, 7) is 3.65. The van der Waals surface area contributed by atoms with Crippen LogP contribution in [0.4, 0.5) is 0 Å². The fourth-order valence-electron chi connectivity index (χ4n) is 4.38. The highest BCUT2D eigenvalue weighted by Gasteiger charge is 2.26. The molecule has 1 unspecified atom stereocenters. The number of benzene rings is 2. The molecule has 2 aromatic carbocycles. The molecule has 2 amide bonds. The zero-order chi connectivity index (χ0) is 21.6. The number of carbonyl (C=O) groups is 2. The van der Waals surface area contributed by atoms with Crippen molar-refractivity contribution in [3.05, 3.63) is 64.7 Å². The molecule has 31 heavy (non-hydrogen) atoms. The van der Waals surface area contributed by atoms with Crippen molar-refractivity contribution in [3.63, 3.8) is 0 Å². The molecule has 2 heterocycles. The van der Waals surface area contributed by atoms with Gasteiger partial charge in [-0.2, -0.15) is 0 Å². The average Bonchev–Trinajstić information content (AvgIpc) is 2.83. The molecule has 0 N–H and O–H groups in total. The van der Waals surface area contributed by atoms with E-state index in [0.29, 0.717) is 29.3 Å². The topological polar surface area (TPSA) is 49.9 Å². The number of likely N-dealkylation sites (tertiary alicyclic amines) is 2. The summed E-state index contributed by atoms with van der Waals surface area (Å²) < 4.78 is 5.99. The van der Waals surface area contributed by atoms with Crippen molar-refractivity contribution < 1.29 is 14.3 Å². The first-order valence-corrected chi connectivity index (χ1v) is 11.6. The van der Waals surface area contributed by atoms with Crippen LogP contribution in [0.15, 0.2) is 48.5 Å². The van der Waals surface area contributed by atoms with Crippen molar-refractivity contribution in [2.45, 2.75) is 32.1 Å². The third-order valence-corrected chi connectivity index (χ3v) is 6.47. The highest BCUT2D eigenvalue weighted by molar-refractivity contribution is 6.33. The summed E-state index contributed by atoms with van der Waals surface area (Å²) in [6.07, 6.45) is 5.36. The maximum atomic E-state index is 12.8. The van der Waals surface area contributed by atoms with E-state index < -0.39 is 0 Å². The summed E-state index contributed by atoms with van der Waals surface area (Å²) in [4.78, 5) is 29.2. The average molecular weight is 441 g/mol. The summed E-state index contributed by atoms with van der Waals surface area (Å²) in [6, 6.07) is 14.6. The lowest BCUT2D eigenvalue weighted by atomic mass is 9.98. The fourth-order valence-corrected chi connectivity index (χ4v) is 4.59. The second-order valence-electron chi connectivity index (χ2n) is 8.43. The predicted octanol–water partition coefficient (Wildman–Crippen LogP) is 4.90. The summed E-state index contributed by atoms with van der Waals surface area (Å²) in [7, 11) is 0. The Kier molecular flexibility index (Phi) is 7.13. The van der Waals surface area contributed by atoms with E-state index in [4.69, 9.17) is 16.3 Å². The maximum absolute atomic E-state index is 12.8. The number of hydrogen-bond acceptors (Lipinski definition) is 3. The first-order chi connectivity index (χ1) is 15.1. The van der Waals surface area contributed by atoms with E-state index >= 15 is 0 Å². The van der Waals surface area contributed by atoms with Crippen molar-refractivity contribution >= 4 is 23.4 Å². The molecule has 0 saturated carbocycles. The van der Waals surface area contributed by atoms with Gasteiger partial charge in [0.1, 0.15) is 5.75 Å². The first kappa shape index (κ1) is 21.7. The highest BCUT2D eigenvalue weighted by Crippen LogP contribution is 2.24. The summed E-state index contributed by atoms with van der Waals surface area (Å²) in [5.74, 6) is 1.11. The van der Waals surface area contributed by atoms with Gasteiger partial charge < -0.3 is 14.5 Å². The Balaban J connectivity index is 1.30. The minimum Gasteiger partial charge on any atom is -0.493 e. The van der Waals surface area contributed by atoms with Gasteiger partial charge in [0.15, 0.2) is 0 Å². The van der Waals surface area contributed by atoms with E-state index in [-0.39, 0.29) is 17.7 Å². The van der Waals surface area contributed by atoms with E-state index in [1.807, 2.05) is 46.2 Å². The minimum atomic E-state index is -0.0177. The van der Waals surface area contributed by atoms with Crippen LogP contribution in [0, 0.1) is 5.92 Å². The van der Waals surface area contributed by atoms with Gasteiger partial charge in [0.05, 0.1) is 17.2 Å². The second-order valence-corrected chi connectivity index (χ2v) is 8.83. The van der Waals surface area contributed by atoms with Crippen molar-refractivity contribution in [3.8, 4) is 5.75 Å². The first-order valence-electron chi connectivity index (χ1n) is 11.2. The lowest BCUT2D eigenvalue weighted by Crippen LogP contribution is -2.41. The van der Waals surface area contributed by atoms with E-state index in [1.54, 1.807) is 12.1 Å². The molecule has 4 rings (SSSR count). The molecule has 2 aliphatic heterocycles. The molecule has 164 valence electrons. The molecule has 5 nitrogen and oxygen atoms in total. The molecular weight excluding hydrogens is 412 g/mol. The van der Waals surface area contributed by atoms with Crippen molar-refractivity contribution in [1.29, 1.82) is 0 Å². The van der Waals surface area contributed by atoms with Gasteiger partial charge in [0.25, 0.3) is 11.8 Å². The number of amides is 2. The van der Waals surface area contributed by atoms with Crippen LogP contribution < -0.4 is 4.74 Å². The number of carbonyl (C=O) groups excluding carboxylic acids is 2. The summed E-state index contributed by atoms with van der Waals surface area (Å²) >= 11 is 6.20. The van der Waals surface area contributed by atoms with Gasteiger partial charge in [-0.3, -0.25) is 9.59 Å². The molecule has 2 saturated heterocycles. The normalized spacial score (nSPS) is 19.2. The Morgan fingerprint density at radius 2 is 1.58 bits per heavy atom. The molecule has 2 aromatic rings. The molecular formula is C25H29ClN2O3. The molecule has 0 bridgehead atoms. The smallest absolute Gasteiger partial charge is 0.255 e. The Hall–Kier alpha value is -2.53. The monoisotopic (exact) mass is 440 g/mol. The van der Waals surface area contributed by atoms with Crippen LogP contribution in [0.5, 0.6) is 5.75 Å². The van der Waals surface area contributed by atoms with Crippen molar-refractivity contribution in [2.24, 2.45) is 5.92 Å². The van der Waals surface area contributed by atoms with Crippen LogP contribution in [-0.4, -0.2) is 54.4 Å². The molecule has 0 radical (unpaired) electrons. The lowest BCUT2D eigenvalue weighted by molar-refractivity contribution is 0.0633. The largest absolute Gasteiger partial charge is 0.493 e. The second kappa shape index (κ2) is 10.2. The number of rotatable bonds is 5. The van der Waals surface area contributed by atoms with E-state index in [9.17, 15) is 9.59 Å². The van der Waals surface area contributed by atoms with E-state index in [2.05, 4.69) is 0 Å². The number of piperidine rings is 2. The molecule has 1 atom stereocenters.